The Kier molecular flexibility index (Phi) is 4.33. The predicted molar refractivity (Wildman–Crippen MR) is 88.3 cm³/mol. The number of fused-ring (bicyclic) bond motifs is 1. The lowest BCUT2D eigenvalue weighted by molar-refractivity contribution is 0.0943. The van der Waals surface area contributed by atoms with Crippen LogP contribution in [0.1, 0.15) is 37.0 Å². The van der Waals surface area contributed by atoms with Crippen molar-refractivity contribution >= 4 is 39.0 Å². The van der Waals surface area contributed by atoms with Crippen molar-refractivity contribution in [1.82, 2.24) is 9.97 Å². The Bertz CT molecular complexity index is 637. The van der Waals surface area contributed by atoms with Gasteiger partial charge in [0.25, 0.3) is 0 Å². The average Bonchev–Trinajstić information content (AvgIpc) is 2.86. The smallest absolute Gasteiger partial charge is 0.225 e. The molecule has 6 heteroatoms. The summed E-state index contributed by atoms with van der Waals surface area (Å²) >= 11 is 7.64. The Morgan fingerprint density at radius 2 is 2.10 bits per heavy atom. The molecule has 0 aliphatic heterocycles. The van der Waals surface area contributed by atoms with Crippen molar-refractivity contribution in [2.24, 2.45) is 5.41 Å². The average molecular weight is 326 g/mol. The first-order valence-corrected chi connectivity index (χ1v) is 8.60. The summed E-state index contributed by atoms with van der Waals surface area (Å²) in [7, 11) is 0. The minimum absolute atomic E-state index is 0.0208. The van der Waals surface area contributed by atoms with Gasteiger partial charge in [-0.2, -0.15) is 0 Å². The molecule has 21 heavy (non-hydrogen) atoms. The van der Waals surface area contributed by atoms with E-state index in [1.807, 2.05) is 0 Å². The van der Waals surface area contributed by atoms with E-state index in [9.17, 15) is 5.11 Å². The number of thiophene rings is 1. The number of aliphatic hydroxyl groups is 1. The highest BCUT2D eigenvalue weighted by Gasteiger charge is 2.31. The summed E-state index contributed by atoms with van der Waals surface area (Å²) in [4.78, 5) is 10.7. The summed E-state index contributed by atoms with van der Waals surface area (Å²) in [5.74, 6) is 0.785. The van der Waals surface area contributed by atoms with Gasteiger partial charge in [-0.25, -0.2) is 9.97 Å². The molecule has 2 aromatic rings. The van der Waals surface area contributed by atoms with Crippen LogP contribution in [0.15, 0.2) is 6.07 Å². The van der Waals surface area contributed by atoms with Crippen molar-refractivity contribution in [3.05, 3.63) is 16.2 Å². The van der Waals surface area contributed by atoms with E-state index in [0.717, 1.165) is 35.4 Å². The maximum Gasteiger partial charge on any atom is 0.225 e. The van der Waals surface area contributed by atoms with E-state index in [1.165, 1.54) is 24.1 Å². The van der Waals surface area contributed by atoms with Gasteiger partial charge in [0.05, 0.1) is 12.0 Å². The number of halogens is 1. The maximum absolute atomic E-state index is 9.79. The number of aliphatic hydroxyl groups excluding tert-OH is 1. The Morgan fingerprint density at radius 3 is 2.81 bits per heavy atom. The molecular formula is C15H20ClN3OS. The molecule has 4 nitrogen and oxygen atoms in total. The first-order chi connectivity index (χ1) is 10.1. The SMILES string of the molecule is Cc1cc2c(NCC3(CO)CCCCC3)nc(Cl)nc2s1. The fraction of sp³-hybridized carbons (Fsp3) is 0.600. The third-order valence-electron chi connectivity index (χ3n) is 4.37. The van der Waals surface area contributed by atoms with Crippen molar-refractivity contribution in [2.45, 2.75) is 39.0 Å². The fourth-order valence-electron chi connectivity index (χ4n) is 3.11. The monoisotopic (exact) mass is 325 g/mol. The van der Waals surface area contributed by atoms with Crippen molar-refractivity contribution in [3.8, 4) is 0 Å². The predicted octanol–water partition coefficient (Wildman–Crippen LogP) is 4.01. The normalized spacial score (nSPS) is 18.0. The molecule has 1 aliphatic carbocycles. The van der Waals surface area contributed by atoms with E-state index < -0.39 is 0 Å². The van der Waals surface area contributed by atoms with Crippen molar-refractivity contribution < 1.29 is 5.11 Å². The molecule has 0 radical (unpaired) electrons. The first kappa shape index (κ1) is 15.0. The molecule has 1 fully saturated rings. The number of nitrogens with one attached hydrogen (secondary N) is 1. The Hall–Kier alpha value is -0.910. The van der Waals surface area contributed by atoms with Gasteiger partial charge >= 0.3 is 0 Å². The van der Waals surface area contributed by atoms with E-state index in [0.29, 0.717) is 0 Å². The number of hydrogen-bond acceptors (Lipinski definition) is 5. The largest absolute Gasteiger partial charge is 0.396 e. The molecule has 0 bridgehead atoms. The molecule has 0 amide bonds. The van der Waals surface area contributed by atoms with E-state index in [4.69, 9.17) is 11.6 Å². The number of rotatable bonds is 4. The van der Waals surface area contributed by atoms with Crippen molar-refractivity contribution in [3.63, 3.8) is 0 Å². The second-order valence-electron chi connectivity index (χ2n) is 5.99. The standard InChI is InChI=1S/C15H20ClN3OS/c1-10-7-11-12(18-14(16)19-13(11)21-10)17-8-15(9-20)5-3-2-4-6-15/h7,20H,2-6,8-9H2,1H3,(H,17,18,19). The van der Waals surface area contributed by atoms with E-state index in [1.54, 1.807) is 11.3 Å². The summed E-state index contributed by atoms with van der Waals surface area (Å²) < 4.78 is 0. The molecule has 114 valence electrons. The van der Waals surface area contributed by atoms with Crippen LogP contribution in [0.5, 0.6) is 0 Å². The molecule has 2 aromatic heterocycles. The highest BCUT2D eigenvalue weighted by atomic mass is 35.5. The number of hydrogen-bond donors (Lipinski definition) is 2. The number of nitrogens with zero attached hydrogens (tertiary/aromatic N) is 2. The van der Waals surface area contributed by atoms with Gasteiger partial charge in [0.15, 0.2) is 0 Å². The van der Waals surface area contributed by atoms with E-state index >= 15 is 0 Å². The summed E-state index contributed by atoms with van der Waals surface area (Å²) in [6, 6.07) is 2.09. The number of anilines is 1. The first-order valence-electron chi connectivity index (χ1n) is 7.40. The fourth-order valence-corrected chi connectivity index (χ4v) is 4.21. The molecule has 1 saturated carbocycles. The van der Waals surface area contributed by atoms with Gasteiger partial charge in [0.1, 0.15) is 10.6 Å². The molecule has 2 N–H and O–H groups in total. The van der Waals surface area contributed by atoms with Crippen LogP contribution in [-0.4, -0.2) is 28.2 Å². The van der Waals surface area contributed by atoms with Crippen molar-refractivity contribution in [1.29, 1.82) is 0 Å². The molecule has 0 unspecified atom stereocenters. The van der Waals surface area contributed by atoms with Crippen LogP contribution in [0.4, 0.5) is 5.82 Å². The second-order valence-corrected chi connectivity index (χ2v) is 7.56. The third kappa shape index (κ3) is 3.15. The highest BCUT2D eigenvalue weighted by molar-refractivity contribution is 7.18. The Balaban J connectivity index is 1.84. The minimum atomic E-state index is -0.0208. The zero-order chi connectivity index (χ0) is 14.9. The molecule has 0 atom stereocenters. The molecule has 0 aromatic carbocycles. The maximum atomic E-state index is 9.79. The zero-order valence-corrected chi connectivity index (χ0v) is 13.7. The summed E-state index contributed by atoms with van der Waals surface area (Å²) in [5.41, 5.74) is -0.0208. The van der Waals surface area contributed by atoms with Crippen molar-refractivity contribution in [2.75, 3.05) is 18.5 Å². The van der Waals surface area contributed by atoms with Crippen LogP contribution in [0, 0.1) is 12.3 Å². The minimum Gasteiger partial charge on any atom is -0.396 e. The molecule has 3 rings (SSSR count). The van der Waals surface area contributed by atoms with Gasteiger partial charge in [-0.05, 0) is 37.4 Å². The van der Waals surface area contributed by atoms with Crippen LogP contribution >= 0.6 is 22.9 Å². The number of aryl methyl sites for hydroxylation is 1. The molecular weight excluding hydrogens is 306 g/mol. The summed E-state index contributed by atoms with van der Waals surface area (Å²) in [6.07, 6.45) is 5.80. The van der Waals surface area contributed by atoms with Gasteiger partial charge in [0, 0.05) is 16.8 Å². The van der Waals surface area contributed by atoms with Gasteiger partial charge in [0.2, 0.25) is 5.28 Å². The molecule has 2 heterocycles. The van der Waals surface area contributed by atoms with Crippen LogP contribution in [0.3, 0.4) is 0 Å². The molecule has 0 saturated heterocycles. The molecule has 1 aliphatic rings. The van der Waals surface area contributed by atoms with E-state index in [-0.39, 0.29) is 17.3 Å². The van der Waals surface area contributed by atoms with Gasteiger partial charge in [-0.1, -0.05) is 19.3 Å². The molecule has 0 spiro atoms. The topological polar surface area (TPSA) is 58.0 Å². The van der Waals surface area contributed by atoms with Crippen LogP contribution in [0.25, 0.3) is 10.2 Å². The lowest BCUT2D eigenvalue weighted by Crippen LogP contribution is -2.35. The van der Waals surface area contributed by atoms with Gasteiger partial charge in [-0.3, -0.25) is 0 Å². The van der Waals surface area contributed by atoms with Gasteiger partial charge in [-0.15, -0.1) is 11.3 Å². The van der Waals surface area contributed by atoms with Crippen LogP contribution in [-0.2, 0) is 0 Å². The Labute approximate surface area is 133 Å². The second kappa shape index (κ2) is 6.07. The number of aromatic nitrogens is 2. The Morgan fingerprint density at radius 1 is 1.33 bits per heavy atom. The lowest BCUT2D eigenvalue weighted by Gasteiger charge is -2.35. The third-order valence-corrected chi connectivity index (χ3v) is 5.48. The lowest BCUT2D eigenvalue weighted by atomic mass is 9.74. The van der Waals surface area contributed by atoms with Gasteiger partial charge < -0.3 is 10.4 Å². The highest BCUT2D eigenvalue weighted by Crippen LogP contribution is 2.37. The zero-order valence-electron chi connectivity index (χ0n) is 12.2. The van der Waals surface area contributed by atoms with Crippen LogP contribution < -0.4 is 5.32 Å². The summed E-state index contributed by atoms with van der Waals surface area (Å²) in [5, 5.41) is 14.5. The van der Waals surface area contributed by atoms with E-state index in [2.05, 4.69) is 28.3 Å². The van der Waals surface area contributed by atoms with Crippen LogP contribution in [0.2, 0.25) is 5.28 Å². The quantitative estimate of drug-likeness (QED) is 0.834. The summed E-state index contributed by atoms with van der Waals surface area (Å²) in [6.45, 7) is 3.02.